The summed E-state index contributed by atoms with van der Waals surface area (Å²) in [5.74, 6) is -1.04. The molecule has 0 heterocycles. The van der Waals surface area contributed by atoms with Crippen LogP contribution in [0.3, 0.4) is 0 Å². The molecule has 1 amide bonds. The standard InChI is InChI=1S/C22H22F6N2O3S/c23-21(24,25)15-11-16(22(26,27)28)13-17(12-15)29-20(31)14-30(18-7-3-1-4-8-18)34(32,33)19-9-5-2-6-10-19/h2,5-6,9-13,18H,1,3-4,7-8,14H2,(H,29,31). The van der Waals surface area contributed by atoms with Crippen LogP contribution < -0.4 is 5.32 Å². The first-order chi connectivity index (χ1) is 15.8. The van der Waals surface area contributed by atoms with Gasteiger partial charge in [0.1, 0.15) is 0 Å². The third kappa shape index (κ3) is 6.29. The van der Waals surface area contributed by atoms with Crippen LogP contribution in [0.1, 0.15) is 43.2 Å². The van der Waals surface area contributed by atoms with Gasteiger partial charge in [0.2, 0.25) is 15.9 Å². The third-order valence-corrected chi connectivity index (χ3v) is 7.42. The van der Waals surface area contributed by atoms with Crippen LogP contribution in [0.2, 0.25) is 0 Å². The molecule has 0 bridgehead atoms. The molecule has 0 atom stereocenters. The van der Waals surface area contributed by atoms with Crippen LogP contribution in [-0.2, 0) is 27.2 Å². The molecule has 5 nitrogen and oxygen atoms in total. The highest BCUT2D eigenvalue weighted by molar-refractivity contribution is 7.89. The number of nitrogens with one attached hydrogen (secondary N) is 1. The molecule has 2 aromatic rings. The maximum Gasteiger partial charge on any atom is 0.416 e. The van der Waals surface area contributed by atoms with E-state index in [9.17, 15) is 39.6 Å². The fourth-order valence-electron chi connectivity index (χ4n) is 3.88. The summed E-state index contributed by atoms with van der Waals surface area (Å²) in [5.41, 5.74) is -3.90. The summed E-state index contributed by atoms with van der Waals surface area (Å²) in [6.45, 7) is -0.751. The van der Waals surface area contributed by atoms with Crippen LogP contribution in [0.15, 0.2) is 53.4 Å². The Bertz CT molecular complexity index is 1080. The van der Waals surface area contributed by atoms with E-state index >= 15 is 0 Å². The number of hydrogen-bond donors (Lipinski definition) is 1. The summed E-state index contributed by atoms with van der Waals surface area (Å²) >= 11 is 0. The van der Waals surface area contributed by atoms with E-state index in [0.29, 0.717) is 25.0 Å². The maximum atomic E-state index is 13.2. The van der Waals surface area contributed by atoms with Crippen molar-refractivity contribution >= 4 is 21.6 Å². The lowest BCUT2D eigenvalue weighted by Gasteiger charge is -2.33. The maximum absolute atomic E-state index is 13.2. The van der Waals surface area contributed by atoms with Crippen molar-refractivity contribution in [1.29, 1.82) is 0 Å². The van der Waals surface area contributed by atoms with Crippen molar-refractivity contribution in [1.82, 2.24) is 4.31 Å². The summed E-state index contributed by atoms with van der Waals surface area (Å²) < 4.78 is 106. The minimum Gasteiger partial charge on any atom is -0.325 e. The number of nitrogens with zero attached hydrogens (tertiary/aromatic N) is 1. The molecule has 2 aromatic carbocycles. The van der Waals surface area contributed by atoms with Crippen molar-refractivity contribution in [2.24, 2.45) is 0 Å². The van der Waals surface area contributed by atoms with Crippen LogP contribution in [0.4, 0.5) is 32.0 Å². The van der Waals surface area contributed by atoms with E-state index in [1.807, 2.05) is 5.32 Å². The first-order valence-corrected chi connectivity index (χ1v) is 11.9. The highest BCUT2D eigenvalue weighted by Gasteiger charge is 2.38. The second kappa shape index (κ2) is 9.95. The van der Waals surface area contributed by atoms with Gasteiger partial charge in [0.15, 0.2) is 0 Å². The Kier molecular flexibility index (Phi) is 7.61. The first-order valence-electron chi connectivity index (χ1n) is 10.4. The number of anilines is 1. The number of amides is 1. The summed E-state index contributed by atoms with van der Waals surface area (Å²) in [6.07, 6.45) is -6.82. The number of rotatable bonds is 6. The van der Waals surface area contributed by atoms with E-state index in [1.54, 1.807) is 6.07 Å². The average Bonchev–Trinajstić information content (AvgIpc) is 2.77. The van der Waals surface area contributed by atoms with Gasteiger partial charge in [-0.1, -0.05) is 37.5 Å². The largest absolute Gasteiger partial charge is 0.416 e. The molecule has 12 heteroatoms. The van der Waals surface area contributed by atoms with Gasteiger partial charge in [0, 0.05) is 11.7 Å². The van der Waals surface area contributed by atoms with Gasteiger partial charge in [-0.05, 0) is 43.2 Å². The van der Waals surface area contributed by atoms with Gasteiger partial charge in [0.25, 0.3) is 0 Å². The zero-order valence-corrected chi connectivity index (χ0v) is 18.6. The van der Waals surface area contributed by atoms with Crippen LogP contribution in [0.5, 0.6) is 0 Å². The number of hydrogen-bond acceptors (Lipinski definition) is 3. The summed E-state index contributed by atoms with van der Waals surface area (Å²) in [5, 5.41) is 2.01. The van der Waals surface area contributed by atoms with E-state index in [-0.39, 0.29) is 11.0 Å². The van der Waals surface area contributed by atoms with E-state index in [4.69, 9.17) is 0 Å². The fourth-order valence-corrected chi connectivity index (χ4v) is 5.54. The second-order valence-corrected chi connectivity index (χ2v) is 9.89. The van der Waals surface area contributed by atoms with Crippen molar-refractivity contribution in [3.8, 4) is 0 Å². The molecular formula is C22H22F6N2O3S. The first kappa shape index (κ1) is 26.0. The lowest BCUT2D eigenvalue weighted by atomic mass is 9.95. The molecule has 3 rings (SSSR count). The van der Waals surface area contributed by atoms with E-state index in [1.165, 1.54) is 24.3 Å². The normalized spacial score (nSPS) is 16.0. The molecule has 0 radical (unpaired) electrons. The van der Waals surface area contributed by atoms with Crippen molar-refractivity contribution < 1.29 is 39.6 Å². The van der Waals surface area contributed by atoms with Crippen LogP contribution in [-0.4, -0.2) is 31.2 Å². The summed E-state index contributed by atoms with van der Waals surface area (Å²) in [4.78, 5) is 12.6. The monoisotopic (exact) mass is 508 g/mol. The van der Waals surface area contributed by atoms with Gasteiger partial charge < -0.3 is 5.32 Å². The van der Waals surface area contributed by atoms with Gasteiger partial charge in [-0.3, -0.25) is 4.79 Å². The molecule has 34 heavy (non-hydrogen) atoms. The van der Waals surface area contributed by atoms with Gasteiger partial charge in [-0.25, -0.2) is 8.42 Å². The molecule has 186 valence electrons. The minimum absolute atomic E-state index is 0.0517. The molecule has 1 aliphatic carbocycles. The van der Waals surface area contributed by atoms with Crippen LogP contribution in [0.25, 0.3) is 0 Å². The summed E-state index contributed by atoms with van der Waals surface area (Å²) in [7, 11) is -4.14. The second-order valence-electron chi connectivity index (χ2n) is 8.00. The predicted molar refractivity (Wildman–Crippen MR) is 112 cm³/mol. The topological polar surface area (TPSA) is 66.5 Å². The Hall–Kier alpha value is -2.60. The molecule has 0 spiro atoms. The van der Waals surface area contributed by atoms with Crippen LogP contribution >= 0.6 is 0 Å². The fraction of sp³-hybridized carbons (Fsp3) is 0.409. The number of carbonyl (C=O) groups is 1. The lowest BCUT2D eigenvalue weighted by Crippen LogP contribution is -2.45. The smallest absolute Gasteiger partial charge is 0.325 e. The Morgan fingerprint density at radius 3 is 1.91 bits per heavy atom. The zero-order chi connectivity index (χ0) is 25.1. The van der Waals surface area contributed by atoms with Gasteiger partial charge in [-0.2, -0.15) is 30.6 Å². The molecule has 1 saturated carbocycles. The molecule has 1 N–H and O–H groups in total. The number of benzene rings is 2. The Morgan fingerprint density at radius 2 is 1.41 bits per heavy atom. The molecular weight excluding hydrogens is 486 g/mol. The molecule has 0 saturated heterocycles. The third-order valence-electron chi connectivity index (χ3n) is 5.50. The Labute approximate surface area is 192 Å². The Morgan fingerprint density at radius 1 is 0.882 bits per heavy atom. The molecule has 0 aliphatic heterocycles. The zero-order valence-electron chi connectivity index (χ0n) is 17.8. The van der Waals surface area contributed by atoms with Crippen LogP contribution in [0, 0.1) is 0 Å². The number of sulfonamides is 1. The highest BCUT2D eigenvalue weighted by atomic mass is 32.2. The van der Waals surface area contributed by atoms with Gasteiger partial charge in [-0.15, -0.1) is 0 Å². The minimum atomic E-state index is -5.08. The number of carbonyl (C=O) groups excluding carboxylic acids is 1. The van der Waals surface area contributed by atoms with Crippen molar-refractivity contribution in [2.75, 3.05) is 11.9 Å². The quantitative estimate of drug-likeness (QED) is 0.510. The van der Waals surface area contributed by atoms with E-state index < -0.39 is 57.7 Å². The van der Waals surface area contributed by atoms with Gasteiger partial charge in [0.05, 0.1) is 22.6 Å². The summed E-state index contributed by atoms with van der Waals surface area (Å²) in [6, 6.07) is 7.52. The average molecular weight is 508 g/mol. The Balaban J connectivity index is 1.90. The van der Waals surface area contributed by atoms with Crippen molar-refractivity contribution in [2.45, 2.75) is 55.4 Å². The van der Waals surface area contributed by atoms with E-state index in [0.717, 1.165) is 23.6 Å². The highest BCUT2D eigenvalue weighted by Crippen LogP contribution is 2.37. The molecule has 0 aromatic heterocycles. The molecule has 0 unspecified atom stereocenters. The molecule has 1 fully saturated rings. The predicted octanol–water partition coefficient (Wildman–Crippen LogP) is 5.69. The number of alkyl halides is 6. The SMILES string of the molecule is O=C(CN(C1CCCCC1)S(=O)(=O)c1ccccc1)Nc1cc(C(F)(F)F)cc(C(F)(F)F)c1. The van der Waals surface area contributed by atoms with E-state index in [2.05, 4.69) is 0 Å². The van der Waals surface area contributed by atoms with Crippen molar-refractivity contribution in [3.05, 3.63) is 59.7 Å². The van der Waals surface area contributed by atoms with Gasteiger partial charge >= 0.3 is 12.4 Å². The number of halogens is 6. The van der Waals surface area contributed by atoms with Crippen molar-refractivity contribution in [3.63, 3.8) is 0 Å². The molecule has 1 aliphatic rings. The lowest BCUT2D eigenvalue weighted by molar-refractivity contribution is -0.143.